The number of aliphatic hydroxyl groups is 1. The Morgan fingerprint density at radius 2 is 1.07 bits per heavy atom. The lowest BCUT2D eigenvalue weighted by Gasteiger charge is -2.37. The van der Waals surface area contributed by atoms with Crippen LogP contribution in [0.25, 0.3) is 32.7 Å². The molecule has 0 atom stereocenters. The first-order valence-electron chi connectivity index (χ1n) is 14.4. The van der Waals surface area contributed by atoms with E-state index in [4.69, 9.17) is 4.65 Å². The summed E-state index contributed by atoms with van der Waals surface area (Å²) in [5, 5.41) is 15.4. The summed E-state index contributed by atoms with van der Waals surface area (Å²) in [6, 6.07) is 47.1. The second-order valence-electron chi connectivity index (χ2n) is 11.8. The van der Waals surface area contributed by atoms with Crippen molar-refractivity contribution in [1.82, 2.24) is 0 Å². The van der Waals surface area contributed by atoms with Gasteiger partial charge in [-0.1, -0.05) is 103 Å². The van der Waals surface area contributed by atoms with Crippen LogP contribution in [0.4, 0.5) is 17.1 Å². The summed E-state index contributed by atoms with van der Waals surface area (Å²) in [7, 11) is 1.73. The summed E-state index contributed by atoms with van der Waals surface area (Å²) >= 11 is 0. The average molecular weight is 549 g/mol. The monoisotopic (exact) mass is 548 g/mol. The Morgan fingerprint density at radius 3 is 1.74 bits per heavy atom. The number of nitrogens with zero attached hydrogens (tertiary/aromatic N) is 1. The number of anilines is 3. The largest absolute Gasteiger partial charge is 0.427 e. The van der Waals surface area contributed by atoms with Gasteiger partial charge in [-0.15, -0.1) is 0 Å². The number of benzene rings is 6. The maximum atomic E-state index is 10.5. The van der Waals surface area contributed by atoms with Gasteiger partial charge in [0.2, 0.25) is 0 Å². The highest BCUT2D eigenvalue weighted by molar-refractivity contribution is 6.47. The number of hydrogen-bond donors (Lipinski definition) is 1. The highest BCUT2D eigenvalue weighted by atomic mass is 16.5. The number of fused-ring (bicyclic) bond motifs is 3. The second kappa shape index (κ2) is 11.1. The summed E-state index contributed by atoms with van der Waals surface area (Å²) in [6.45, 7) is 7.31. The molecule has 3 nitrogen and oxygen atoms in total. The molecule has 0 saturated heterocycles. The van der Waals surface area contributed by atoms with Crippen molar-refractivity contribution in [3.8, 4) is 11.1 Å². The van der Waals surface area contributed by atoms with E-state index in [0.29, 0.717) is 0 Å². The van der Waals surface area contributed by atoms with Gasteiger partial charge in [0.1, 0.15) is 0 Å². The highest BCUT2D eigenvalue weighted by Crippen LogP contribution is 2.38. The van der Waals surface area contributed by atoms with Gasteiger partial charge in [-0.3, -0.25) is 0 Å². The van der Waals surface area contributed by atoms with Crippen molar-refractivity contribution < 1.29 is 9.76 Å². The quantitative estimate of drug-likeness (QED) is 0.152. The van der Waals surface area contributed by atoms with E-state index in [0.717, 1.165) is 22.5 Å². The summed E-state index contributed by atoms with van der Waals surface area (Å²) < 4.78 is 6.01. The molecule has 0 aromatic heterocycles. The molecule has 6 aromatic rings. The molecule has 0 amide bonds. The minimum atomic E-state index is -0.980. The van der Waals surface area contributed by atoms with Crippen LogP contribution in [0.3, 0.4) is 0 Å². The fourth-order valence-electron chi connectivity index (χ4n) is 5.07. The van der Waals surface area contributed by atoms with Crippen molar-refractivity contribution in [2.24, 2.45) is 0 Å². The standard InChI is InChI=1S/C38H35BNO2/c1-37(2,41)38(3,4)42-39-31-19-24-33(25-20-31)40(32-21-16-28(17-22-32)27-10-6-5-7-11-27)34-23-18-30-15-14-29-12-8-9-13-35(29)36(30)26-34/h5-26,41H,1-4H3. The van der Waals surface area contributed by atoms with Crippen LogP contribution in [-0.2, 0) is 4.65 Å². The van der Waals surface area contributed by atoms with Crippen molar-refractivity contribution in [1.29, 1.82) is 0 Å². The molecule has 4 heteroatoms. The van der Waals surface area contributed by atoms with Gasteiger partial charge in [0.15, 0.2) is 0 Å². The molecule has 0 aliphatic heterocycles. The van der Waals surface area contributed by atoms with Crippen LogP contribution < -0.4 is 10.4 Å². The molecule has 6 aromatic carbocycles. The zero-order valence-corrected chi connectivity index (χ0v) is 24.6. The van der Waals surface area contributed by atoms with E-state index >= 15 is 0 Å². The highest BCUT2D eigenvalue weighted by Gasteiger charge is 2.35. The Labute approximate surface area is 249 Å². The summed E-state index contributed by atoms with van der Waals surface area (Å²) in [6.07, 6.45) is 0. The lowest BCUT2D eigenvalue weighted by Crippen LogP contribution is -2.49. The molecular formula is C38H35BNO2. The second-order valence-corrected chi connectivity index (χ2v) is 11.8. The van der Waals surface area contributed by atoms with E-state index < -0.39 is 11.2 Å². The summed E-state index contributed by atoms with van der Waals surface area (Å²) in [4.78, 5) is 2.29. The maximum absolute atomic E-state index is 10.5. The molecule has 0 aliphatic carbocycles. The molecule has 0 heterocycles. The van der Waals surface area contributed by atoms with Gasteiger partial charge in [0.05, 0.1) is 11.2 Å². The zero-order chi connectivity index (χ0) is 29.3. The third kappa shape index (κ3) is 5.56. The molecule has 1 N–H and O–H groups in total. The summed E-state index contributed by atoms with van der Waals surface area (Å²) in [5.74, 6) is 0. The third-order valence-electron chi connectivity index (χ3n) is 8.34. The van der Waals surface area contributed by atoms with Gasteiger partial charge in [-0.25, -0.2) is 0 Å². The normalized spacial score (nSPS) is 12.0. The maximum Gasteiger partial charge on any atom is 0.330 e. The first-order chi connectivity index (χ1) is 20.2. The SMILES string of the molecule is CC(C)(O)C(C)(C)O[B]c1ccc(N(c2ccc(-c3ccccc3)cc2)c2ccc3ccc4ccccc4c3c2)cc1. The lowest BCUT2D eigenvalue weighted by molar-refractivity contribution is -0.0893. The van der Waals surface area contributed by atoms with E-state index in [9.17, 15) is 5.11 Å². The van der Waals surface area contributed by atoms with Crippen LogP contribution in [-0.4, -0.2) is 23.8 Å². The summed E-state index contributed by atoms with van der Waals surface area (Å²) in [5.41, 5.74) is 4.80. The predicted molar refractivity (Wildman–Crippen MR) is 178 cm³/mol. The smallest absolute Gasteiger partial charge is 0.330 e. The van der Waals surface area contributed by atoms with Crippen molar-refractivity contribution >= 4 is 51.6 Å². The molecular weight excluding hydrogens is 513 g/mol. The van der Waals surface area contributed by atoms with Crippen molar-refractivity contribution in [3.05, 3.63) is 133 Å². The van der Waals surface area contributed by atoms with Crippen molar-refractivity contribution in [2.45, 2.75) is 38.9 Å². The molecule has 0 spiro atoms. The Morgan fingerprint density at radius 1 is 0.548 bits per heavy atom. The van der Waals surface area contributed by atoms with Gasteiger partial charge >= 0.3 is 7.48 Å². The number of hydrogen-bond acceptors (Lipinski definition) is 3. The van der Waals surface area contributed by atoms with Gasteiger partial charge in [0.25, 0.3) is 0 Å². The fourth-order valence-corrected chi connectivity index (χ4v) is 5.07. The Bertz CT molecular complexity index is 1820. The minimum Gasteiger partial charge on any atom is -0.427 e. The first-order valence-corrected chi connectivity index (χ1v) is 14.4. The van der Waals surface area contributed by atoms with E-state index in [2.05, 4.69) is 132 Å². The third-order valence-corrected chi connectivity index (χ3v) is 8.34. The molecule has 42 heavy (non-hydrogen) atoms. The van der Waals surface area contributed by atoms with Crippen LogP contribution >= 0.6 is 0 Å². The van der Waals surface area contributed by atoms with Crippen LogP contribution in [0, 0.1) is 0 Å². The van der Waals surface area contributed by atoms with Gasteiger partial charge < -0.3 is 14.7 Å². The lowest BCUT2D eigenvalue weighted by atomic mass is 9.82. The fraction of sp³-hybridized carbons (Fsp3) is 0.158. The molecule has 0 unspecified atom stereocenters. The topological polar surface area (TPSA) is 32.7 Å². The van der Waals surface area contributed by atoms with E-state index in [1.54, 1.807) is 21.3 Å². The first kappa shape index (κ1) is 27.8. The molecule has 207 valence electrons. The van der Waals surface area contributed by atoms with Crippen LogP contribution in [0.15, 0.2) is 133 Å². The van der Waals surface area contributed by atoms with Crippen LogP contribution in [0.5, 0.6) is 0 Å². The Hall–Kier alpha value is -4.38. The predicted octanol–water partition coefficient (Wildman–Crippen LogP) is 8.94. The number of rotatable bonds is 8. The molecule has 6 rings (SSSR count). The molecule has 1 radical (unpaired) electrons. The average Bonchev–Trinajstić information content (AvgIpc) is 3.01. The molecule has 0 fully saturated rings. The Balaban J connectivity index is 1.40. The molecule has 0 bridgehead atoms. The van der Waals surface area contributed by atoms with Gasteiger partial charge in [-0.2, -0.15) is 0 Å². The van der Waals surface area contributed by atoms with E-state index in [1.807, 2.05) is 19.9 Å². The Kier molecular flexibility index (Phi) is 7.36. The van der Waals surface area contributed by atoms with Crippen LogP contribution in [0.1, 0.15) is 27.7 Å². The van der Waals surface area contributed by atoms with E-state index in [-0.39, 0.29) is 0 Å². The van der Waals surface area contributed by atoms with Crippen molar-refractivity contribution in [2.75, 3.05) is 4.90 Å². The zero-order valence-electron chi connectivity index (χ0n) is 24.6. The molecule has 0 aliphatic rings. The van der Waals surface area contributed by atoms with Gasteiger partial charge in [0, 0.05) is 17.1 Å². The van der Waals surface area contributed by atoms with E-state index in [1.165, 1.54) is 32.7 Å². The van der Waals surface area contributed by atoms with Crippen LogP contribution in [0.2, 0.25) is 0 Å². The minimum absolute atomic E-state index is 0.730. The molecule has 0 saturated carbocycles. The van der Waals surface area contributed by atoms with Crippen molar-refractivity contribution in [3.63, 3.8) is 0 Å². The van der Waals surface area contributed by atoms with Gasteiger partial charge in [-0.05, 0) is 96.8 Å².